The van der Waals surface area contributed by atoms with Crippen molar-refractivity contribution < 1.29 is 16.5 Å². The molecular weight excluding hydrogens is 623 g/mol. The van der Waals surface area contributed by atoms with Crippen LogP contribution in [0.15, 0.2) is 109 Å². The van der Waals surface area contributed by atoms with Gasteiger partial charge in [0.25, 0.3) is 0 Å². The third-order valence-electron chi connectivity index (χ3n) is 9.90. The fraction of sp³-hybridized carbons (Fsp3) is 0.216. The van der Waals surface area contributed by atoms with Gasteiger partial charge in [-0.05, 0) is 0 Å². The van der Waals surface area contributed by atoms with Crippen LogP contribution in [0.3, 0.4) is 0 Å². The van der Waals surface area contributed by atoms with E-state index >= 15 is 0 Å². The Hall–Kier alpha value is -2.90. The molecule has 0 spiro atoms. The Kier molecular flexibility index (Phi) is 5.89. The summed E-state index contributed by atoms with van der Waals surface area (Å²) in [6, 6.07) is 35.8. The van der Waals surface area contributed by atoms with Crippen molar-refractivity contribution in [3.63, 3.8) is 0 Å². The van der Waals surface area contributed by atoms with E-state index in [0.29, 0.717) is 7.35 Å². The first-order chi connectivity index (χ1) is 18.3. The molecule has 0 fully saturated rings. The molecule has 0 aliphatic heterocycles. The summed E-state index contributed by atoms with van der Waals surface area (Å²) in [4.78, 5) is 0. The van der Waals surface area contributed by atoms with Crippen LogP contribution in [0.5, 0.6) is 0 Å². The molecule has 0 saturated carbocycles. The molecule has 0 aromatic heterocycles. The van der Waals surface area contributed by atoms with Crippen molar-refractivity contribution in [2.75, 3.05) is 0 Å². The van der Waals surface area contributed by atoms with E-state index in [1.807, 2.05) is 0 Å². The Morgan fingerprint density at radius 2 is 1.03 bits per heavy atom. The second kappa shape index (κ2) is 8.82. The van der Waals surface area contributed by atoms with Gasteiger partial charge in [-0.3, -0.25) is 0 Å². The molecular formula is C37H39Hf. The van der Waals surface area contributed by atoms with Gasteiger partial charge in [0.1, 0.15) is 0 Å². The number of hydrogen-bond donors (Lipinski definition) is 0. The quantitative estimate of drug-likeness (QED) is 0.180. The molecule has 0 radical (unpaired) electrons. The summed E-state index contributed by atoms with van der Waals surface area (Å²) < 4.78 is 12.0. The number of rotatable bonds is 6. The molecule has 0 heterocycles. The van der Waals surface area contributed by atoms with Gasteiger partial charge in [0.2, 0.25) is 0 Å². The van der Waals surface area contributed by atoms with Gasteiger partial charge in [0, 0.05) is 0 Å². The van der Waals surface area contributed by atoms with Crippen LogP contribution in [0.2, 0.25) is 14.0 Å². The summed E-state index contributed by atoms with van der Waals surface area (Å²) in [7, 11) is 0. The molecule has 2 unspecified atom stereocenters. The molecule has 0 saturated heterocycles. The monoisotopic (exact) mass is 663 g/mol. The zero-order valence-corrected chi connectivity index (χ0v) is 26.8. The zero-order valence-electron chi connectivity index (χ0n) is 23.2. The van der Waals surface area contributed by atoms with Crippen molar-refractivity contribution in [2.45, 2.75) is 41.2 Å². The van der Waals surface area contributed by atoms with Crippen molar-refractivity contribution in [2.24, 2.45) is 0 Å². The van der Waals surface area contributed by atoms with Crippen LogP contribution >= 0.6 is 0 Å². The van der Waals surface area contributed by atoms with E-state index in [-0.39, 0.29) is 0 Å². The summed E-state index contributed by atoms with van der Waals surface area (Å²) in [6.07, 6.45) is 12.4. The van der Waals surface area contributed by atoms with Gasteiger partial charge in [-0.25, -0.2) is 0 Å². The van der Waals surface area contributed by atoms with Gasteiger partial charge < -0.3 is 0 Å². The van der Waals surface area contributed by atoms with E-state index in [0.717, 1.165) is 0 Å². The predicted molar refractivity (Wildman–Crippen MR) is 166 cm³/mol. The first kappa shape index (κ1) is 25.4. The van der Waals surface area contributed by atoms with Gasteiger partial charge in [0.15, 0.2) is 0 Å². The van der Waals surface area contributed by atoms with Gasteiger partial charge >= 0.3 is 227 Å². The molecule has 2 aliphatic rings. The maximum absolute atomic E-state index is 4.41. The Morgan fingerprint density at radius 3 is 1.45 bits per heavy atom. The first-order valence-corrected chi connectivity index (χ1v) is 31.3. The number of hydrogen-bond acceptors (Lipinski definition) is 0. The minimum atomic E-state index is -4.41. The zero-order chi connectivity index (χ0) is 26.4. The van der Waals surface area contributed by atoms with Crippen molar-refractivity contribution >= 4 is 15.9 Å². The van der Waals surface area contributed by atoms with Crippen LogP contribution in [-0.4, -0.2) is 3.76 Å². The van der Waals surface area contributed by atoms with E-state index in [2.05, 4.69) is 146 Å². The number of unbranched alkanes of at least 4 members (excludes halogenated alkanes) is 1. The molecule has 0 nitrogen and oxygen atoms in total. The summed E-state index contributed by atoms with van der Waals surface area (Å²) in [6.45, 7) is 2.33. The second-order valence-electron chi connectivity index (χ2n) is 13.6. The molecule has 0 bridgehead atoms. The fourth-order valence-corrected chi connectivity index (χ4v) is 33.8. The molecule has 2 atom stereocenters. The van der Waals surface area contributed by atoms with Crippen LogP contribution in [0, 0.1) is 0 Å². The van der Waals surface area contributed by atoms with Crippen LogP contribution in [0.4, 0.5) is 0 Å². The minimum absolute atomic E-state index is 0.441. The predicted octanol–water partition coefficient (Wildman–Crippen LogP) is 10.8. The summed E-state index contributed by atoms with van der Waals surface area (Å²) in [5.41, 5.74) is 11.2. The Balaban J connectivity index is 1.56. The normalized spacial score (nSPS) is 19.5. The average Bonchev–Trinajstić information content (AvgIpc) is 3.60. The van der Waals surface area contributed by atoms with Crippen LogP contribution in [-0.2, 0) is 16.5 Å². The van der Waals surface area contributed by atoms with E-state index in [9.17, 15) is 0 Å². The van der Waals surface area contributed by atoms with Gasteiger partial charge in [0.05, 0.1) is 0 Å². The third kappa shape index (κ3) is 3.85. The van der Waals surface area contributed by atoms with Crippen molar-refractivity contribution in [3.8, 4) is 22.3 Å². The second-order valence-corrected chi connectivity index (χ2v) is 52.6. The molecule has 6 rings (SSSR count). The molecule has 2 aliphatic carbocycles. The number of benzene rings is 4. The summed E-state index contributed by atoms with van der Waals surface area (Å²) in [5, 5.41) is 0. The van der Waals surface area contributed by atoms with E-state index in [4.69, 9.17) is 0 Å². The Labute approximate surface area is 226 Å². The topological polar surface area (TPSA) is 0 Å². The van der Waals surface area contributed by atoms with Crippen LogP contribution < -0.4 is 0 Å². The average molecular weight is 662 g/mol. The fourth-order valence-electron chi connectivity index (χ4n) is 7.69. The molecule has 4 aromatic rings. The van der Waals surface area contributed by atoms with Crippen molar-refractivity contribution in [1.29, 1.82) is 0 Å². The molecule has 1 heteroatoms. The first-order valence-electron chi connectivity index (χ1n) is 14.3. The number of allylic oxidation sites excluding steroid dienone is 2. The van der Waals surface area contributed by atoms with Crippen molar-refractivity contribution in [3.05, 3.63) is 131 Å². The maximum atomic E-state index is 2.87. The third-order valence-corrected chi connectivity index (χ3v) is 39.2. The summed E-state index contributed by atoms with van der Waals surface area (Å²) in [5.74, 6) is 0. The molecule has 4 aromatic carbocycles. The van der Waals surface area contributed by atoms with E-state index < -0.39 is 16.5 Å². The molecule has 191 valence electrons. The van der Waals surface area contributed by atoms with E-state index in [1.54, 1.807) is 0 Å². The van der Waals surface area contributed by atoms with Gasteiger partial charge in [-0.1, -0.05) is 0 Å². The van der Waals surface area contributed by atoms with Crippen LogP contribution in [0.1, 0.15) is 49.4 Å². The van der Waals surface area contributed by atoms with Crippen LogP contribution in [0.25, 0.3) is 34.4 Å². The molecule has 0 amide bonds. The Bertz CT molecular complexity index is 1550. The van der Waals surface area contributed by atoms with Crippen molar-refractivity contribution in [1.82, 2.24) is 0 Å². The van der Waals surface area contributed by atoms with Gasteiger partial charge in [-0.15, -0.1) is 0 Å². The molecule has 0 N–H and O–H groups in total. The van der Waals surface area contributed by atoms with E-state index in [1.165, 1.54) is 57.3 Å². The standard InChI is InChI=1S/2C15H11.C4H8.3CH3.Hf/c2*1-2-6-12(7-3-1)14-10-4-8-13-9-5-11-15(13)14;1-3-4-2;;;;/h2*1-11H;1H,3-4H2,2H3;3*1H3;. The van der Waals surface area contributed by atoms with Gasteiger partial charge in [-0.2, -0.15) is 0 Å². The summed E-state index contributed by atoms with van der Waals surface area (Å²) >= 11 is -4.41. The Morgan fingerprint density at radius 1 is 0.579 bits per heavy atom. The number of fused-ring (bicyclic) bond motifs is 2. The SMILES string of the molecule is CCC[CH]=[Hf]([CH3])([CH3])([CH3])([CH]1C=Cc2c(-c3ccccc3)cccc21)[CH]1C=Cc2c(-c3ccccc3)cccc21. The molecule has 38 heavy (non-hydrogen) atoms.